The first kappa shape index (κ1) is 12.9. The highest BCUT2D eigenvalue weighted by Gasteiger charge is 2.45. The van der Waals surface area contributed by atoms with E-state index < -0.39 is 32.1 Å². The van der Waals surface area contributed by atoms with Gasteiger partial charge in [0.25, 0.3) is 5.91 Å². The van der Waals surface area contributed by atoms with Crippen LogP contribution in [0.2, 0.25) is 5.02 Å². The Morgan fingerprint density at radius 1 is 1.31 bits per heavy atom. The Labute approximate surface area is 159 Å². The molecular weight excluding hydrogens is 352 g/mol. The van der Waals surface area contributed by atoms with Crippen LogP contribution in [0.3, 0.4) is 0 Å². The normalized spacial score (nSPS) is 23.1. The minimum Gasteiger partial charge on any atom is -0.423 e. The number of nitrogens with zero attached hydrogens (tertiary/aromatic N) is 3. The molecule has 26 heavy (non-hydrogen) atoms. The number of hydrogen-bond donors (Lipinski definition) is 2. The lowest BCUT2D eigenvalue weighted by molar-refractivity contribution is 0.0734. The molecule has 2 aliphatic rings. The van der Waals surface area contributed by atoms with E-state index in [1.54, 1.807) is 18.2 Å². The molecule has 0 radical (unpaired) electrons. The molecule has 2 aromatic carbocycles. The number of fused-ring (bicyclic) bond motifs is 9. The van der Waals surface area contributed by atoms with E-state index in [9.17, 15) is 14.8 Å². The van der Waals surface area contributed by atoms with E-state index in [2.05, 4.69) is 4.98 Å². The first-order chi connectivity index (χ1) is 13.7. The second-order valence-electron chi connectivity index (χ2n) is 6.60. The zero-order chi connectivity index (χ0) is 20.7. The van der Waals surface area contributed by atoms with Gasteiger partial charge in [-0.15, -0.1) is 0 Å². The summed E-state index contributed by atoms with van der Waals surface area (Å²) in [5.41, 5.74) is 2.05. The highest BCUT2D eigenvalue weighted by molar-refractivity contribution is 6.59. The lowest BCUT2D eigenvalue weighted by Gasteiger charge is -2.24. The molecule has 5 rings (SSSR count). The number of imidazole rings is 1. The van der Waals surface area contributed by atoms with E-state index in [1.165, 1.54) is 18.2 Å². The third kappa shape index (κ3) is 1.96. The van der Waals surface area contributed by atoms with Crippen molar-refractivity contribution >= 4 is 41.1 Å². The Hall–Kier alpha value is -2.35. The predicted octanol–water partition coefficient (Wildman–Crippen LogP) is 1.49. The fraction of sp³-hybridized carbons (Fsp3) is 0.222. The number of aromatic nitrogens is 2. The minimum atomic E-state index is -2.69. The van der Waals surface area contributed by atoms with Gasteiger partial charge in [-0.3, -0.25) is 4.79 Å². The Balaban J connectivity index is 1.89. The van der Waals surface area contributed by atoms with Gasteiger partial charge in [0.15, 0.2) is 0 Å². The largest absolute Gasteiger partial charge is 0.488 e. The number of benzene rings is 2. The van der Waals surface area contributed by atoms with Crippen LogP contribution in [0.4, 0.5) is 0 Å². The van der Waals surface area contributed by atoms with Gasteiger partial charge in [0.1, 0.15) is 5.82 Å². The second-order valence-corrected chi connectivity index (χ2v) is 7.03. The van der Waals surface area contributed by atoms with Gasteiger partial charge in [-0.25, -0.2) is 4.98 Å². The monoisotopic (exact) mass is 370 g/mol. The Morgan fingerprint density at radius 3 is 2.92 bits per heavy atom. The fourth-order valence-electron chi connectivity index (χ4n) is 4.18. The lowest BCUT2D eigenvalue weighted by Crippen LogP contribution is -2.37. The molecule has 1 amide bonds. The summed E-state index contributed by atoms with van der Waals surface area (Å²) in [5, 5.41) is 20.4. The Morgan fingerprint density at radius 2 is 2.15 bits per heavy atom. The maximum Gasteiger partial charge on any atom is 0.488 e. The lowest BCUT2D eigenvalue weighted by atomic mass is 9.73. The van der Waals surface area contributed by atoms with Gasteiger partial charge < -0.3 is 19.5 Å². The maximum atomic E-state index is 13.3. The van der Waals surface area contributed by atoms with Gasteiger partial charge in [-0.1, -0.05) is 23.7 Å². The molecule has 2 bridgehead atoms. The number of carbonyl (C=O) groups is 1. The maximum absolute atomic E-state index is 13.3. The average molecular weight is 371 g/mol. The molecule has 1 aromatic heterocycles. The molecule has 0 fully saturated rings. The van der Waals surface area contributed by atoms with Crippen LogP contribution in [-0.2, 0) is 0 Å². The van der Waals surface area contributed by atoms with E-state index in [0.717, 1.165) is 4.90 Å². The summed E-state index contributed by atoms with van der Waals surface area (Å²) in [6.07, 6.45) is 0.269. The summed E-state index contributed by atoms with van der Waals surface area (Å²) in [7, 11) is -1.81. The van der Waals surface area contributed by atoms with Gasteiger partial charge >= 0.3 is 7.12 Å². The van der Waals surface area contributed by atoms with Crippen LogP contribution < -0.4 is 5.46 Å². The zero-order valence-electron chi connectivity index (χ0n) is 16.4. The van der Waals surface area contributed by atoms with Crippen molar-refractivity contribution in [2.24, 2.45) is 0 Å². The Bertz CT molecular complexity index is 1180. The standard InChI is InChI=1S/C18H15BClN3O3/c1-22-15-8-14(16-10(18(22)24)3-2-4-11(16)19(25)26)23-13-7-9(20)5-6-12(13)21-17(15)23/h2-7,14-15,25-26H,8H2,1H3/t14-,15-/m1/s1/i1D3. The number of carbonyl (C=O) groups excluding carboxylic acids is 1. The molecule has 8 heteroatoms. The van der Waals surface area contributed by atoms with E-state index >= 15 is 0 Å². The summed E-state index contributed by atoms with van der Waals surface area (Å²) in [6.45, 7) is -2.69. The van der Waals surface area contributed by atoms with E-state index in [1.807, 2.05) is 4.57 Å². The van der Waals surface area contributed by atoms with Crippen LogP contribution in [0, 0.1) is 0 Å². The Kier molecular flexibility index (Phi) is 2.65. The molecule has 3 aromatic rings. The summed E-state index contributed by atoms with van der Waals surface area (Å²) in [6, 6.07) is 8.49. The van der Waals surface area contributed by atoms with Crippen LogP contribution in [0.15, 0.2) is 36.4 Å². The summed E-state index contributed by atoms with van der Waals surface area (Å²) in [4.78, 5) is 18.8. The van der Waals surface area contributed by atoms with Crippen molar-refractivity contribution in [3.05, 3.63) is 58.4 Å². The van der Waals surface area contributed by atoms with E-state index in [0.29, 0.717) is 27.4 Å². The first-order valence-corrected chi connectivity index (χ1v) is 8.56. The SMILES string of the molecule is [2H]C([2H])([2H])N1C(=O)c2cccc(B(O)O)c2[C@H]2C[C@@H]1c1nc3ccc(Cl)cc3n12. The van der Waals surface area contributed by atoms with Gasteiger partial charge in [0, 0.05) is 21.7 Å². The number of rotatable bonds is 1. The molecule has 0 aliphatic carbocycles. The molecular formula is C18H15BClN3O3. The van der Waals surface area contributed by atoms with Crippen LogP contribution in [0.25, 0.3) is 11.0 Å². The summed E-state index contributed by atoms with van der Waals surface area (Å²) in [5.74, 6) is -0.226. The summed E-state index contributed by atoms with van der Waals surface area (Å²) >= 11 is 6.18. The van der Waals surface area contributed by atoms with E-state index in [4.69, 9.17) is 15.7 Å². The quantitative estimate of drug-likeness (QED) is 0.636. The van der Waals surface area contributed by atoms with Crippen LogP contribution in [0.1, 0.15) is 44.4 Å². The third-order valence-electron chi connectivity index (χ3n) is 5.25. The summed E-state index contributed by atoms with van der Waals surface area (Å²) < 4.78 is 25.8. The van der Waals surface area contributed by atoms with Crippen molar-refractivity contribution in [2.75, 3.05) is 6.98 Å². The number of hydrogen-bond acceptors (Lipinski definition) is 4. The van der Waals surface area contributed by atoms with Gasteiger partial charge in [-0.2, -0.15) is 0 Å². The molecule has 0 spiro atoms. The second kappa shape index (κ2) is 5.33. The average Bonchev–Trinajstić information content (AvgIpc) is 3.13. The van der Waals surface area contributed by atoms with Crippen LogP contribution >= 0.6 is 11.6 Å². The minimum absolute atomic E-state index is 0.147. The van der Waals surface area contributed by atoms with Crippen molar-refractivity contribution < 1.29 is 19.0 Å². The molecule has 130 valence electrons. The first-order valence-electron chi connectivity index (χ1n) is 9.68. The van der Waals surface area contributed by atoms with E-state index in [-0.39, 0.29) is 17.4 Å². The smallest absolute Gasteiger partial charge is 0.423 e. The third-order valence-corrected chi connectivity index (χ3v) is 5.48. The van der Waals surface area contributed by atoms with Crippen molar-refractivity contribution in [1.29, 1.82) is 0 Å². The van der Waals surface area contributed by atoms with Gasteiger partial charge in [0.2, 0.25) is 0 Å². The topological polar surface area (TPSA) is 78.6 Å². The van der Waals surface area contributed by atoms with Crippen molar-refractivity contribution in [1.82, 2.24) is 14.5 Å². The van der Waals surface area contributed by atoms with Crippen molar-refractivity contribution in [3.63, 3.8) is 0 Å². The van der Waals surface area contributed by atoms with Crippen LogP contribution in [-0.4, -0.2) is 44.5 Å². The van der Waals surface area contributed by atoms with Crippen molar-refractivity contribution in [2.45, 2.75) is 18.5 Å². The molecule has 0 unspecified atom stereocenters. The number of halogens is 1. The molecule has 2 N–H and O–H groups in total. The zero-order valence-corrected chi connectivity index (χ0v) is 14.2. The fourth-order valence-corrected chi connectivity index (χ4v) is 4.34. The van der Waals surface area contributed by atoms with Gasteiger partial charge in [-0.05, 0) is 41.7 Å². The highest BCUT2D eigenvalue weighted by Crippen LogP contribution is 2.47. The molecule has 0 saturated carbocycles. The molecule has 2 atom stereocenters. The molecule has 2 aliphatic heterocycles. The number of amides is 1. The molecule has 0 saturated heterocycles. The molecule has 6 nitrogen and oxygen atoms in total. The van der Waals surface area contributed by atoms with Gasteiger partial charge in [0.05, 0.1) is 23.1 Å². The predicted molar refractivity (Wildman–Crippen MR) is 98.6 cm³/mol. The van der Waals surface area contributed by atoms with Crippen molar-refractivity contribution in [3.8, 4) is 0 Å². The van der Waals surface area contributed by atoms with Crippen LogP contribution in [0.5, 0.6) is 0 Å². The highest BCUT2D eigenvalue weighted by atomic mass is 35.5. The molecule has 3 heterocycles.